The van der Waals surface area contributed by atoms with Gasteiger partial charge in [-0.25, -0.2) is 15.0 Å². The molecule has 6 aromatic carbocycles. The summed E-state index contributed by atoms with van der Waals surface area (Å²) in [6, 6.07) is 15.8. The number of fused-ring (bicyclic) bond motifs is 6. The minimum Gasteiger partial charge on any atom is -0.456 e. The van der Waals surface area contributed by atoms with Gasteiger partial charge in [0.15, 0.2) is 17.5 Å². The average Bonchev–Trinajstić information content (AvgIpc) is 3.78. The molecule has 0 unspecified atom stereocenters. The van der Waals surface area contributed by atoms with Gasteiger partial charge in [-0.1, -0.05) is 109 Å². The van der Waals surface area contributed by atoms with Gasteiger partial charge in [0.2, 0.25) is 0 Å². The maximum atomic E-state index is 9.38. The Labute approximate surface area is 267 Å². The van der Waals surface area contributed by atoms with Gasteiger partial charge in [-0.15, -0.1) is 0 Å². The van der Waals surface area contributed by atoms with Gasteiger partial charge in [-0.2, -0.15) is 0 Å². The molecule has 44 heavy (non-hydrogen) atoms. The Kier molecular flexibility index (Phi) is 3.54. The average molecular weight is 577 g/mol. The van der Waals surface area contributed by atoms with Crippen molar-refractivity contribution in [2.45, 2.75) is 0 Å². The Morgan fingerprint density at radius 3 is 2.07 bits per heavy atom. The van der Waals surface area contributed by atoms with Crippen LogP contribution in [-0.2, 0) is 0 Å². The summed E-state index contributed by atoms with van der Waals surface area (Å²) < 4.78 is 108. The number of para-hydroxylation sites is 2. The van der Waals surface area contributed by atoms with Crippen LogP contribution in [0.1, 0.15) is 15.1 Å². The van der Waals surface area contributed by atoms with Gasteiger partial charge in [0.25, 0.3) is 0 Å². The van der Waals surface area contributed by atoms with Gasteiger partial charge < -0.3 is 8.83 Å². The summed E-state index contributed by atoms with van der Waals surface area (Å²) in [7, 11) is 0. The summed E-state index contributed by atoms with van der Waals surface area (Å²) in [5.74, 6) is -0.600. The summed E-state index contributed by atoms with van der Waals surface area (Å²) in [6.45, 7) is 0. The fraction of sp³-hybridized carbons (Fsp3) is 0. The second kappa shape index (κ2) is 9.75. The highest BCUT2D eigenvalue weighted by Gasteiger charge is 2.17. The van der Waals surface area contributed by atoms with Crippen LogP contribution < -0.4 is 0 Å². The quantitative estimate of drug-likeness (QED) is 0.209. The molecule has 9 aromatic rings. The molecular weight excluding hydrogens is 542 g/mol. The first-order valence-electron chi connectivity index (χ1n) is 19.1. The zero-order valence-electron chi connectivity index (χ0n) is 33.6. The van der Waals surface area contributed by atoms with Gasteiger partial charge in [-0.3, -0.25) is 0 Å². The van der Waals surface area contributed by atoms with Crippen LogP contribution in [0.3, 0.4) is 0 Å². The molecule has 0 bridgehead atoms. The Morgan fingerprint density at radius 2 is 1.20 bits per heavy atom. The molecule has 0 N–H and O–H groups in total. The highest BCUT2D eigenvalue weighted by atomic mass is 16.3. The standard InChI is InChI=1S/C39H23N3O2/c1-3-10-24(11-4-1)37-40-38(25-12-5-2-6-13-25)42-39(41-37)27-18-20-30-31-16-9-15-28(36(31)44-35(30)23-27)26-19-21-34-32(22-26)29-14-7-8-17-33(29)43-34/h1-23H/i1D,3D,4D,9D,10D,11D,15D,16D,18D,20D,23D. The Bertz CT molecular complexity index is 3100. The molecule has 5 heteroatoms. The zero-order valence-corrected chi connectivity index (χ0v) is 22.6. The second-order valence-electron chi connectivity index (χ2n) is 9.99. The van der Waals surface area contributed by atoms with Crippen molar-refractivity contribution in [2.75, 3.05) is 0 Å². The van der Waals surface area contributed by atoms with Crippen LogP contribution in [0.5, 0.6) is 0 Å². The van der Waals surface area contributed by atoms with E-state index >= 15 is 0 Å². The van der Waals surface area contributed by atoms with Crippen molar-refractivity contribution in [3.63, 3.8) is 0 Å². The maximum absolute atomic E-state index is 9.38. The number of furan rings is 2. The van der Waals surface area contributed by atoms with Crippen molar-refractivity contribution in [3.8, 4) is 45.3 Å². The van der Waals surface area contributed by atoms with Crippen molar-refractivity contribution < 1.29 is 23.9 Å². The summed E-state index contributed by atoms with van der Waals surface area (Å²) in [4.78, 5) is 13.5. The Hall–Kier alpha value is -6.07. The molecule has 0 saturated heterocycles. The molecule has 0 aliphatic rings. The van der Waals surface area contributed by atoms with E-state index in [1.807, 2.05) is 24.3 Å². The van der Waals surface area contributed by atoms with Crippen LogP contribution in [0, 0.1) is 0 Å². The van der Waals surface area contributed by atoms with Crippen molar-refractivity contribution in [2.24, 2.45) is 0 Å². The van der Waals surface area contributed by atoms with Gasteiger partial charge in [-0.05, 0) is 35.8 Å². The Morgan fingerprint density at radius 1 is 0.455 bits per heavy atom. The van der Waals surface area contributed by atoms with Crippen molar-refractivity contribution >= 4 is 43.9 Å². The van der Waals surface area contributed by atoms with E-state index in [0.29, 0.717) is 22.3 Å². The third-order valence-corrected chi connectivity index (χ3v) is 7.34. The molecule has 3 heterocycles. The molecule has 0 fully saturated rings. The maximum Gasteiger partial charge on any atom is 0.164 e. The molecule has 0 aliphatic carbocycles. The number of nitrogens with zero attached hydrogens (tertiary/aromatic N) is 3. The van der Waals surface area contributed by atoms with Gasteiger partial charge in [0.05, 0.1) is 15.1 Å². The molecular formula is C39H23N3O2. The van der Waals surface area contributed by atoms with Crippen molar-refractivity contribution in [1.82, 2.24) is 15.0 Å². The van der Waals surface area contributed by atoms with E-state index in [9.17, 15) is 4.11 Å². The highest BCUT2D eigenvalue weighted by Crippen LogP contribution is 2.39. The number of aromatic nitrogens is 3. The van der Waals surface area contributed by atoms with Gasteiger partial charge in [0.1, 0.15) is 22.3 Å². The van der Waals surface area contributed by atoms with E-state index in [0.717, 1.165) is 10.8 Å². The van der Waals surface area contributed by atoms with Crippen LogP contribution in [-0.4, -0.2) is 15.0 Å². The van der Waals surface area contributed by atoms with Crippen LogP contribution in [0.2, 0.25) is 0 Å². The Balaban J connectivity index is 1.34. The summed E-state index contributed by atoms with van der Waals surface area (Å²) in [6.07, 6.45) is 0. The lowest BCUT2D eigenvalue weighted by molar-refractivity contribution is 0.668. The summed E-state index contributed by atoms with van der Waals surface area (Å²) >= 11 is 0. The predicted octanol–water partition coefficient (Wildman–Crippen LogP) is 10.3. The van der Waals surface area contributed by atoms with E-state index in [1.165, 1.54) is 0 Å². The first-order valence-corrected chi connectivity index (χ1v) is 13.6. The minimum absolute atomic E-state index is 0.0119. The molecule has 0 saturated carbocycles. The van der Waals surface area contributed by atoms with E-state index in [2.05, 4.69) is 15.0 Å². The lowest BCUT2D eigenvalue weighted by Crippen LogP contribution is -2.00. The smallest absolute Gasteiger partial charge is 0.164 e. The molecule has 0 spiro atoms. The van der Waals surface area contributed by atoms with E-state index < -0.39 is 60.4 Å². The molecule has 0 atom stereocenters. The minimum atomic E-state index is -0.608. The SMILES string of the molecule is [2H]c1c([2H])c([2H])c(-c2nc(-c3ccccc3)nc(-c3c([2H])c([2H])c4c(oc5c(-c6ccc7oc8ccccc8c7c6)c([2H])c([2H])c([2H])c54)c3[2H])n2)c([2H])c1[2H]. The highest BCUT2D eigenvalue weighted by molar-refractivity contribution is 6.12. The fourth-order valence-electron chi connectivity index (χ4n) is 5.29. The van der Waals surface area contributed by atoms with Crippen molar-refractivity contribution in [1.29, 1.82) is 0 Å². The molecule has 206 valence electrons. The second-order valence-corrected chi connectivity index (χ2v) is 9.99. The number of hydrogen-bond acceptors (Lipinski definition) is 5. The third-order valence-electron chi connectivity index (χ3n) is 7.34. The lowest BCUT2D eigenvalue weighted by Gasteiger charge is -2.08. The lowest BCUT2D eigenvalue weighted by atomic mass is 10.00. The van der Waals surface area contributed by atoms with Crippen LogP contribution in [0.25, 0.3) is 89.2 Å². The van der Waals surface area contributed by atoms with E-state index in [1.54, 1.807) is 48.5 Å². The molecule has 9 rings (SSSR count). The summed E-state index contributed by atoms with van der Waals surface area (Å²) in [5.41, 5.74) is 1.51. The number of hydrogen-bond donors (Lipinski definition) is 0. The molecule has 5 nitrogen and oxygen atoms in total. The number of rotatable bonds is 4. The van der Waals surface area contributed by atoms with Crippen molar-refractivity contribution in [3.05, 3.63) is 139 Å². The van der Waals surface area contributed by atoms with Crippen LogP contribution in [0.15, 0.2) is 148 Å². The van der Waals surface area contributed by atoms with E-state index in [4.69, 9.17) is 19.8 Å². The molecule has 3 aromatic heterocycles. The van der Waals surface area contributed by atoms with Crippen LogP contribution in [0.4, 0.5) is 0 Å². The normalized spacial score (nSPS) is 15.1. The monoisotopic (exact) mass is 576 g/mol. The van der Waals surface area contributed by atoms with E-state index in [-0.39, 0.29) is 62.1 Å². The first-order chi connectivity index (χ1) is 26.4. The topological polar surface area (TPSA) is 65.0 Å². The number of benzene rings is 6. The largest absolute Gasteiger partial charge is 0.456 e. The molecule has 0 amide bonds. The zero-order chi connectivity index (χ0) is 38.6. The predicted molar refractivity (Wildman–Crippen MR) is 176 cm³/mol. The summed E-state index contributed by atoms with van der Waals surface area (Å²) in [5, 5.41) is 1.49. The molecule has 0 radical (unpaired) electrons. The molecule has 0 aliphatic heterocycles. The van der Waals surface area contributed by atoms with Gasteiger partial charge >= 0.3 is 0 Å². The van der Waals surface area contributed by atoms with Gasteiger partial charge in [0, 0.05) is 43.8 Å². The van der Waals surface area contributed by atoms with Crippen LogP contribution >= 0.6 is 0 Å². The third kappa shape index (κ3) is 3.98. The fourth-order valence-corrected chi connectivity index (χ4v) is 5.29. The first kappa shape index (κ1) is 16.0.